The molecule has 2 fully saturated rings. The van der Waals surface area contributed by atoms with Gasteiger partial charge in [-0.3, -0.25) is 0 Å². The van der Waals surface area contributed by atoms with Crippen molar-refractivity contribution in [2.45, 2.75) is 29.8 Å². The quantitative estimate of drug-likeness (QED) is 0.727. The smallest absolute Gasteiger partial charge is 0.354 e. The fraction of sp³-hybridized carbons (Fsp3) is 0.643. The van der Waals surface area contributed by atoms with Gasteiger partial charge in [-0.1, -0.05) is 0 Å². The zero-order valence-corrected chi connectivity index (χ0v) is 13.8. The van der Waals surface area contributed by atoms with Gasteiger partial charge in [0.25, 0.3) is 0 Å². The molecule has 128 valence electrons. The van der Waals surface area contributed by atoms with Crippen molar-refractivity contribution < 1.29 is 22.7 Å². The molecule has 2 saturated heterocycles. The summed E-state index contributed by atoms with van der Waals surface area (Å²) in [6, 6.07) is 1.88. The van der Waals surface area contributed by atoms with Gasteiger partial charge in [-0.2, -0.15) is 4.31 Å². The van der Waals surface area contributed by atoms with Gasteiger partial charge in [0.05, 0.1) is 7.11 Å². The van der Waals surface area contributed by atoms with E-state index in [4.69, 9.17) is 4.74 Å². The predicted molar refractivity (Wildman–Crippen MR) is 81.7 cm³/mol. The molecule has 8 nitrogen and oxygen atoms in total. The molecule has 0 atom stereocenters. The van der Waals surface area contributed by atoms with Crippen molar-refractivity contribution in [3.63, 3.8) is 0 Å². The number of nitrogens with one attached hydrogen (secondary N) is 2. The molecule has 0 bridgehead atoms. The van der Waals surface area contributed by atoms with Crippen LogP contribution < -0.4 is 5.32 Å². The molecule has 0 unspecified atom stereocenters. The molecule has 0 amide bonds. The molecular weight excluding hydrogens is 322 g/mol. The number of nitrogens with zero attached hydrogens (tertiary/aromatic N) is 1. The second-order valence-corrected chi connectivity index (χ2v) is 7.75. The number of sulfonamides is 1. The number of rotatable bonds is 5. The zero-order valence-electron chi connectivity index (χ0n) is 12.9. The molecule has 1 aromatic rings. The molecule has 3 heterocycles. The van der Waals surface area contributed by atoms with E-state index in [-0.39, 0.29) is 16.6 Å². The molecule has 2 N–H and O–H groups in total. The third kappa shape index (κ3) is 3.42. The minimum absolute atomic E-state index is 0.0856. The highest BCUT2D eigenvalue weighted by atomic mass is 32.2. The van der Waals surface area contributed by atoms with E-state index in [1.54, 1.807) is 0 Å². The third-order valence-electron chi connectivity index (χ3n) is 4.24. The highest BCUT2D eigenvalue weighted by molar-refractivity contribution is 7.89. The summed E-state index contributed by atoms with van der Waals surface area (Å²) in [6.45, 7) is 2.40. The Balaban J connectivity index is 1.57. The van der Waals surface area contributed by atoms with Crippen LogP contribution in [-0.4, -0.2) is 69.2 Å². The molecule has 23 heavy (non-hydrogen) atoms. The van der Waals surface area contributed by atoms with Gasteiger partial charge in [-0.25, -0.2) is 13.2 Å². The van der Waals surface area contributed by atoms with E-state index in [9.17, 15) is 13.2 Å². The normalized spacial score (nSPS) is 21.1. The fourth-order valence-corrected chi connectivity index (χ4v) is 4.36. The lowest BCUT2D eigenvalue weighted by Gasteiger charge is -2.41. The van der Waals surface area contributed by atoms with Crippen LogP contribution in [0.15, 0.2) is 17.2 Å². The second kappa shape index (κ2) is 6.60. The lowest BCUT2D eigenvalue weighted by Crippen LogP contribution is -2.61. The van der Waals surface area contributed by atoms with Gasteiger partial charge in [0.1, 0.15) is 10.6 Å². The van der Waals surface area contributed by atoms with E-state index in [0.29, 0.717) is 19.1 Å². The van der Waals surface area contributed by atoms with Gasteiger partial charge in [0.15, 0.2) is 0 Å². The number of methoxy groups -OCH3 is 1. The number of carbonyl (C=O) groups excluding carboxylic acids is 1. The Morgan fingerprint density at radius 3 is 2.70 bits per heavy atom. The van der Waals surface area contributed by atoms with Crippen LogP contribution in [0.3, 0.4) is 0 Å². The van der Waals surface area contributed by atoms with Crippen LogP contribution in [0.1, 0.15) is 23.3 Å². The number of H-pyrrole nitrogens is 1. The minimum atomic E-state index is -3.57. The Bertz CT molecular complexity index is 660. The number of hydrogen-bond donors (Lipinski definition) is 2. The number of hydrogen-bond acceptors (Lipinski definition) is 6. The van der Waals surface area contributed by atoms with Crippen LogP contribution in [0.25, 0.3) is 0 Å². The maximum Gasteiger partial charge on any atom is 0.354 e. The third-order valence-corrected chi connectivity index (χ3v) is 6.05. The first-order valence-corrected chi connectivity index (χ1v) is 9.05. The summed E-state index contributed by atoms with van der Waals surface area (Å²) in [7, 11) is -2.32. The Kier molecular flexibility index (Phi) is 4.72. The highest BCUT2D eigenvalue weighted by Crippen LogP contribution is 2.23. The summed E-state index contributed by atoms with van der Waals surface area (Å²) < 4.78 is 36.3. The van der Waals surface area contributed by atoms with Crippen LogP contribution in [0.4, 0.5) is 0 Å². The van der Waals surface area contributed by atoms with Gasteiger partial charge in [-0.15, -0.1) is 0 Å². The average molecular weight is 343 g/mol. The van der Waals surface area contributed by atoms with Crippen molar-refractivity contribution in [2.24, 2.45) is 0 Å². The van der Waals surface area contributed by atoms with Crippen molar-refractivity contribution in [1.82, 2.24) is 14.6 Å². The number of aromatic amines is 1. The average Bonchev–Trinajstić information content (AvgIpc) is 3.01. The standard InChI is InChI=1S/C14H21N3O5S/c1-21-14(18)13-6-12(7-15-13)23(19,20)17-8-11(9-17)16-10-2-4-22-5-3-10/h6-7,10-11,15-16H,2-5,8-9H2,1H3. The molecule has 0 aliphatic carbocycles. The Morgan fingerprint density at radius 1 is 1.35 bits per heavy atom. The van der Waals surface area contributed by atoms with Crippen LogP contribution in [0.5, 0.6) is 0 Å². The molecular formula is C14H21N3O5S. The van der Waals surface area contributed by atoms with Crippen molar-refractivity contribution in [3.8, 4) is 0 Å². The summed E-state index contributed by atoms with van der Waals surface area (Å²) in [5, 5.41) is 3.47. The van der Waals surface area contributed by atoms with Gasteiger partial charge in [0.2, 0.25) is 10.0 Å². The first-order valence-electron chi connectivity index (χ1n) is 7.61. The Hall–Kier alpha value is -1.42. The van der Waals surface area contributed by atoms with Crippen LogP contribution in [0.2, 0.25) is 0 Å². The largest absolute Gasteiger partial charge is 0.464 e. The number of carbonyl (C=O) groups is 1. The summed E-state index contributed by atoms with van der Waals surface area (Å²) >= 11 is 0. The maximum absolute atomic E-state index is 12.5. The second-order valence-electron chi connectivity index (χ2n) is 5.81. The van der Waals surface area contributed by atoms with E-state index in [0.717, 1.165) is 26.1 Å². The molecule has 9 heteroatoms. The van der Waals surface area contributed by atoms with Crippen molar-refractivity contribution in [1.29, 1.82) is 0 Å². The highest BCUT2D eigenvalue weighted by Gasteiger charge is 2.38. The number of esters is 1. The van der Waals surface area contributed by atoms with E-state index >= 15 is 0 Å². The molecule has 2 aliphatic rings. The molecule has 0 spiro atoms. The lowest BCUT2D eigenvalue weighted by molar-refractivity contribution is 0.0594. The molecule has 1 aromatic heterocycles. The number of ether oxygens (including phenoxy) is 2. The first kappa shape index (κ1) is 16.4. The summed E-state index contributed by atoms with van der Waals surface area (Å²) in [4.78, 5) is 14.1. The van der Waals surface area contributed by atoms with Gasteiger partial charge >= 0.3 is 5.97 Å². The van der Waals surface area contributed by atoms with Crippen molar-refractivity contribution in [2.75, 3.05) is 33.4 Å². The van der Waals surface area contributed by atoms with Gasteiger partial charge in [-0.05, 0) is 18.9 Å². The van der Waals surface area contributed by atoms with Crippen molar-refractivity contribution in [3.05, 3.63) is 18.0 Å². The SMILES string of the molecule is COC(=O)c1cc(S(=O)(=O)N2CC(NC3CCOCC3)C2)c[nH]1. The van der Waals surface area contributed by atoms with Crippen LogP contribution >= 0.6 is 0 Å². The summed E-state index contributed by atoms with van der Waals surface area (Å²) in [5.74, 6) is -0.589. The fourth-order valence-electron chi connectivity index (χ4n) is 2.84. The van der Waals surface area contributed by atoms with Crippen LogP contribution in [-0.2, 0) is 19.5 Å². The monoisotopic (exact) mass is 343 g/mol. The maximum atomic E-state index is 12.5. The van der Waals surface area contributed by atoms with E-state index in [1.807, 2.05) is 0 Å². The molecule has 2 aliphatic heterocycles. The van der Waals surface area contributed by atoms with Gasteiger partial charge < -0.3 is 19.8 Å². The predicted octanol–water partition coefficient (Wildman–Crippen LogP) is -0.0572. The molecule has 0 saturated carbocycles. The van der Waals surface area contributed by atoms with Gasteiger partial charge in [0, 0.05) is 44.6 Å². The molecule has 0 aromatic carbocycles. The summed E-state index contributed by atoms with van der Waals surface area (Å²) in [5.41, 5.74) is 0.128. The zero-order chi connectivity index (χ0) is 16.4. The Labute approximate surface area is 135 Å². The Morgan fingerprint density at radius 2 is 2.04 bits per heavy atom. The van der Waals surface area contributed by atoms with Crippen molar-refractivity contribution >= 4 is 16.0 Å². The van der Waals surface area contributed by atoms with Crippen LogP contribution in [0, 0.1) is 0 Å². The molecule has 3 rings (SSSR count). The first-order chi connectivity index (χ1) is 11.0. The van der Waals surface area contributed by atoms with E-state index in [1.165, 1.54) is 23.7 Å². The topological polar surface area (TPSA) is 101 Å². The lowest BCUT2D eigenvalue weighted by atomic mass is 10.1. The van der Waals surface area contributed by atoms with E-state index < -0.39 is 16.0 Å². The molecule has 0 radical (unpaired) electrons. The minimum Gasteiger partial charge on any atom is -0.464 e. The number of aromatic nitrogens is 1. The summed E-state index contributed by atoms with van der Waals surface area (Å²) in [6.07, 6.45) is 3.24. The van der Waals surface area contributed by atoms with E-state index in [2.05, 4.69) is 15.0 Å².